The van der Waals surface area contributed by atoms with Gasteiger partial charge in [-0.3, -0.25) is 9.69 Å². The second kappa shape index (κ2) is 11.1. The van der Waals surface area contributed by atoms with Gasteiger partial charge in [0.25, 0.3) is 0 Å². The molecule has 1 N–H and O–H groups in total. The van der Waals surface area contributed by atoms with E-state index in [1.54, 1.807) is 10.9 Å². The zero-order valence-electron chi connectivity index (χ0n) is 23.2. The van der Waals surface area contributed by atoms with Crippen LogP contribution in [0.5, 0.6) is 0 Å². The number of fused-ring (bicyclic) bond motifs is 1. The molecule has 1 amide bonds. The van der Waals surface area contributed by atoms with Crippen LogP contribution in [-0.2, 0) is 17.6 Å². The third kappa shape index (κ3) is 5.19. The van der Waals surface area contributed by atoms with E-state index in [2.05, 4.69) is 44.5 Å². The molecule has 0 bridgehead atoms. The minimum atomic E-state index is -0.358. The summed E-state index contributed by atoms with van der Waals surface area (Å²) in [5.41, 5.74) is 6.40. The van der Waals surface area contributed by atoms with E-state index >= 15 is 0 Å². The van der Waals surface area contributed by atoms with Gasteiger partial charge in [0.15, 0.2) is 0 Å². The first-order valence-electron chi connectivity index (χ1n) is 14.2. The highest BCUT2D eigenvalue weighted by atomic mass is 16.2. The molecule has 0 radical (unpaired) electrons. The number of amides is 1. The van der Waals surface area contributed by atoms with Crippen LogP contribution >= 0.6 is 0 Å². The van der Waals surface area contributed by atoms with E-state index in [4.69, 9.17) is 0 Å². The molecule has 8 nitrogen and oxygen atoms in total. The van der Waals surface area contributed by atoms with Crippen molar-refractivity contribution in [2.24, 2.45) is 0 Å². The normalized spacial score (nSPS) is 16.2. The number of carbonyl (C=O) groups excluding carboxylic acids is 1. The maximum absolute atomic E-state index is 13.7. The number of hydrogen-bond donors (Lipinski definition) is 1. The van der Waals surface area contributed by atoms with Crippen molar-refractivity contribution < 1.29 is 4.79 Å². The molecular weight excluding hydrogens is 500 g/mol. The van der Waals surface area contributed by atoms with Gasteiger partial charge in [-0.25, -0.2) is 14.0 Å². The molecule has 4 aromatic rings. The van der Waals surface area contributed by atoms with Gasteiger partial charge >= 0.3 is 5.69 Å². The van der Waals surface area contributed by atoms with Crippen molar-refractivity contribution in [1.29, 1.82) is 0 Å². The minimum Gasteiger partial charge on any atom is -0.369 e. The molecule has 0 spiro atoms. The zero-order chi connectivity index (χ0) is 27.6. The largest absolute Gasteiger partial charge is 0.369 e. The Morgan fingerprint density at radius 3 is 2.25 bits per heavy atom. The number of nitrogens with one attached hydrogen (secondary N) is 1. The van der Waals surface area contributed by atoms with Crippen molar-refractivity contribution in [3.8, 4) is 5.69 Å². The lowest BCUT2D eigenvalue weighted by Gasteiger charge is -2.39. The number of rotatable bonds is 7. The quantitative estimate of drug-likeness (QED) is 0.374. The fourth-order valence-corrected chi connectivity index (χ4v) is 5.93. The van der Waals surface area contributed by atoms with Crippen LogP contribution in [0.25, 0.3) is 5.69 Å². The Kier molecular flexibility index (Phi) is 7.26. The van der Waals surface area contributed by atoms with E-state index in [0.717, 1.165) is 61.6 Å². The van der Waals surface area contributed by atoms with Gasteiger partial charge in [-0.1, -0.05) is 36.4 Å². The number of hydrogen-bond acceptors (Lipinski definition) is 5. The van der Waals surface area contributed by atoms with Gasteiger partial charge < -0.3 is 10.2 Å². The van der Waals surface area contributed by atoms with Gasteiger partial charge in [-0.2, -0.15) is 5.10 Å². The number of aromatic nitrogens is 3. The minimum absolute atomic E-state index is 0.00864. The lowest BCUT2D eigenvalue weighted by Crippen LogP contribution is -2.50. The maximum Gasteiger partial charge on any atom is 0.350 e. The van der Waals surface area contributed by atoms with E-state index < -0.39 is 0 Å². The van der Waals surface area contributed by atoms with Gasteiger partial charge in [-0.15, -0.1) is 0 Å². The summed E-state index contributed by atoms with van der Waals surface area (Å²) < 4.78 is 3.06. The Bertz CT molecular complexity index is 1530. The first-order valence-corrected chi connectivity index (χ1v) is 14.2. The Balaban J connectivity index is 1.15. The smallest absolute Gasteiger partial charge is 0.350 e. The third-order valence-electron chi connectivity index (χ3n) is 8.08. The number of benzene rings is 3. The third-order valence-corrected chi connectivity index (χ3v) is 8.08. The molecule has 1 unspecified atom stereocenters. The van der Waals surface area contributed by atoms with E-state index in [9.17, 15) is 9.59 Å². The van der Waals surface area contributed by atoms with Gasteiger partial charge in [-0.05, 0) is 86.2 Å². The molecule has 206 valence electrons. The van der Waals surface area contributed by atoms with E-state index in [-0.39, 0.29) is 23.7 Å². The summed E-state index contributed by atoms with van der Waals surface area (Å²) >= 11 is 0. The van der Waals surface area contributed by atoms with E-state index in [1.165, 1.54) is 22.2 Å². The van der Waals surface area contributed by atoms with Crippen molar-refractivity contribution in [3.05, 3.63) is 106 Å². The number of anilines is 2. The molecule has 1 atom stereocenters. The number of nitrogens with zero attached hydrogens (tertiary/aromatic N) is 5. The standard InChI is InChI=1S/C32H36N6O2/c1-23(2)38-32(40)37(22-33-38)29-15-13-28(14-16-29)35-17-19-36(20-18-35)30(25-7-4-3-5-8-25)31(39)34-27-12-11-24-9-6-10-26(24)21-27/h3-5,7-8,11-16,21-23,30H,6,9-10,17-20H2,1-2H3,(H,34,39). The maximum atomic E-state index is 13.7. The molecule has 3 aromatic carbocycles. The van der Waals surface area contributed by atoms with Crippen LogP contribution in [-0.4, -0.2) is 51.3 Å². The molecule has 2 aliphatic rings. The van der Waals surface area contributed by atoms with Gasteiger partial charge in [0.05, 0.1) is 11.7 Å². The highest BCUT2D eigenvalue weighted by molar-refractivity contribution is 5.95. The topological polar surface area (TPSA) is 75.4 Å². The molecule has 0 saturated carbocycles. The van der Waals surface area contributed by atoms with Crippen LogP contribution < -0.4 is 15.9 Å². The van der Waals surface area contributed by atoms with Crippen molar-refractivity contribution in [3.63, 3.8) is 0 Å². The molecular formula is C32H36N6O2. The fraction of sp³-hybridized carbons (Fsp3) is 0.344. The number of aryl methyl sites for hydroxylation is 2. The Hall–Kier alpha value is -4.17. The summed E-state index contributed by atoms with van der Waals surface area (Å²) in [6.45, 7) is 7.03. The fourth-order valence-electron chi connectivity index (χ4n) is 5.93. The predicted molar refractivity (Wildman–Crippen MR) is 158 cm³/mol. The zero-order valence-corrected chi connectivity index (χ0v) is 23.2. The van der Waals surface area contributed by atoms with E-state index in [1.807, 2.05) is 62.4 Å². The number of carbonyl (C=O) groups is 1. The predicted octanol–water partition coefficient (Wildman–Crippen LogP) is 4.61. The molecule has 40 heavy (non-hydrogen) atoms. The summed E-state index contributed by atoms with van der Waals surface area (Å²) in [5, 5.41) is 7.44. The van der Waals surface area contributed by atoms with Crippen LogP contribution in [0.4, 0.5) is 11.4 Å². The lowest BCUT2D eigenvalue weighted by atomic mass is 10.0. The Morgan fingerprint density at radius 2 is 1.55 bits per heavy atom. The monoisotopic (exact) mass is 536 g/mol. The summed E-state index contributed by atoms with van der Waals surface area (Å²) in [6.07, 6.45) is 4.98. The average molecular weight is 537 g/mol. The van der Waals surface area contributed by atoms with Crippen LogP contribution in [0.1, 0.15) is 49.0 Å². The molecule has 1 aliphatic heterocycles. The lowest BCUT2D eigenvalue weighted by molar-refractivity contribution is -0.121. The Labute approximate surface area is 234 Å². The summed E-state index contributed by atoms with van der Waals surface area (Å²) in [6, 6.07) is 24.1. The second-order valence-corrected chi connectivity index (χ2v) is 11.0. The Morgan fingerprint density at radius 1 is 0.850 bits per heavy atom. The highest BCUT2D eigenvalue weighted by Crippen LogP contribution is 2.29. The first kappa shape index (κ1) is 26.1. The van der Waals surface area contributed by atoms with Crippen LogP contribution in [0, 0.1) is 0 Å². The average Bonchev–Trinajstić information content (AvgIpc) is 3.60. The highest BCUT2D eigenvalue weighted by Gasteiger charge is 2.31. The molecule has 1 saturated heterocycles. The van der Waals surface area contributed by atoms with Crippen LogP contribution in [0.3, 0.4) is 0 Å². The van der Waals surface area contributed by atoms with Crippen LogP contribution in [0.15, 0.2) is 83.9 Å². The van der Waals surface area contributed by atoms with Gasteiger partial charge in [0.1, 0.15) is 12.4 Å². The number of piperazine rings is 1. The summed E-state index contributed by atoms with van der Waals surface area (Å²) in [4.78, 5) is 31.0. The molecule has 2 heterocycles. The van der Waals surface area contributed by atoms with Crippen molar-refractivity contribution in [1.82, 2.24) is 19.2 Å². The molecule has 1 aromatic heterocycles. The van der Waals surface area contributed by atoms with Crippen LogP contribution in [0.2, 0.25) is 0 Å². The summed E-state index contributed by atoms with van der Waals surface area (Å²) in [5.74, 6) is 0.00864. The molecule has 1 fully saturated rings. The van der Waals surface area contributed by atoms with Crippen molar-refractivity contribution in [2.75, 3.05) is 36.4 Å². The molecule has 6 rings (SSSR count). The summed E-state index contributed by atoms with van der Waals surface area (Å²) in [7, 11) is 0. The van der Waals surface area contributed by atoms with Crippen molar-refractivity contribution in [2.45, 2.75) is 45.2 Å². The van der Waals surface area contributed by atoms with Gasteiger partial charge in [0, 0.05) is 37.6 Å². The first-order chi connectivity index (χ1) is 19.5. The molecule has 1 aliphatic carbocycles. The SMILES string of the molecule is CC(C)n1ncn(-c2ccc(N3CCN(C(C(=O)Nc4ccc5c(c4)CCC5)c4ccccc4)CC3)cc2)c1=O. The van der Waals surface area contributed by atoms with Gasteiger partial charge in [0.2, 0.25) is 5.91 Å². The van der Waals surface area contributed by atoms with Crippen molar-refractivity contribution >= 4 is 17.3 Å². The second-order valence-electron chi connectivity index (χ2n) is 11.0. The van der Waals surface area contributed by atoms with E-state index in [0.29, 0.717) is 0 Å². The molecule has 8 heteroatoms.